The van der Waals surface area contributed by atoms with Crippen molar-refractivity contribution in [2.24, 2.45) is 0 Å². The van der Waals surface area contributed by atoms with Crippen molar-refractivity contribution in [3.8, 4) is 0 Å². The smallest absolute Gasteiger partial charge is 0.177 e. The van der Waals surface area contributed by atoms with Crippen molar-refractivity contribution in [1.82, 2.24) is 9.78 Å². The molecule has 1 aliphatic heterocycles. The summed E-state index contributed by atoms with van der Waals surface area (Å²) in [5.41, 5.74) is 1.000. The largest absolute Gasteiger partial charge is 0.293 e. The van der Waals surface area contributed by atoms with Crippen LogP contribution in [0.5, 0.6) is 0 Å². The molecule has 1 aromatic heterocycles. The molecule has 10 heavy (non-hydrogen) atoms. The van der Waals surface area contributed by atoms with Gasteiger partial charge in [-0.1, -0.05) is 0 Å². The number of carbonyl (C=O) groups is 1. The molecule has 0 N–H and O–H groups in total. The van der Waals surface area contributed by atoms with Gasteiger partial charge < -0.3 is 0 Å². The topological polar surface area (TPSA) is 34.9 Å². The Balaban J connectivity index is 2.52. The highest BCUT2D eigenvalue weighted by molar-refractivity contribution is 5.94. The Labute approximate surface area is 58.0 Å². The van der Waals surface area contributed by atoms with Crippen LogP contribution in [0.15, 0.2) is 18.3 Å². The van der Waals surface area contributed by atoms with Crippen LogP contribution in [-0.4, -0.2) is 15.6 Å². The van der Waals surface area contributed by atoms with Crippen LogP contribution in [0.2, 0.25) is 0 Å². The number of fused-ring (bicyclic) bond motifs is 1. The Morgan fingerprint density at radius 3 is 3.30 bits per heavy atom. The zero-order valence-electron chi connectivity index (χ0n) is 5.32. The normalized spacial score (nSPS) is 15.4. The number of allylic oxidation sites excluding steroid dienone is 1. The van der Waals surface area contributed by atoms with Crippen LogP contribution < -0.4 is 0 Å². The Morgan fingerprint density at radius 2 is 2.40 bits per heavy atom. The summed E-state index contributed by atoms with van der Waals surface area (Å²) in [6.07, 6.45) is 5.05. The molecule has 0 saturated heterocycles. The van der Waals surface area contributed by atoms with Gasteiger partial charge in [-0.3, -0.25) is 9.48 Å². The second-order valence-electron chi connectivity index (χ2n) is 2.21. The number of carbonyl (C=O) groups excluding carboxylic acids is 1. The van der Waals surface area contributed by atoms with Crippen molar-refractivity contribution in [3.63, 3.8) is 0 Å². The second-order valence-corrected chi connectivity index (χ2v) is 2.21. The number of aromatic nitrogens is 2. The average Bonchev–Trinajstić information content (AvgIpc) is 2.33. The molecule has 3 heteroatoms. The van der Waals surface area contributed by atoms with E-state index < -0.39 is 0 Å². The van der Waals surface area contributed by atoms with Crippen molar-refractivity contribution in [2.75, 3.05) is 0 Å². The summed E-state index contributed by atoms with van der Waals surface area (Å²) in [5.74, 6) is 0.108. The van der Waals surface area contributed by atoms with Crippen molar-refractivity contribution >= 4 is 11.9 Å². The highest BCUT2D eigenvalue weighted by Gasteiger charge is 2.07. The SMILES string of the molecule is O=C1C=Cc2ccnn2C1. The number of nitrogens with zero attached hydrogens (tertiary/aromatic N) is 2. The molecule has 0 unspecified atom stereocenters. The average molecular weight is 134 g/mol. The number of hydrogen-bond acceptors (Lipinski definition) is 2. The first-order valence-corrected chi connectivity index (χ1v) is 3.09. The first-order valence-electron chi connectivity index (χ1n) is 3.09. The Bertz CT molecular complexity index is 298. The highest BCUT2D eigenvalue weighted by Crippen LogP contribution is 2.06. The van der Waals surface area contributed by atoms with Crippen LogP contribution >= 0.6 is 0 Å². The first kappa shape index (κ1) is 5.41. The van der Waals surface area contributed by atoms with Crippen LogP contribution in [0.4, 0.5) is 0 Å². The molecule has 0 spiro atoms. The maximum atomic E-state index is 10.8. The van der Waals surface area contributed by atoms with E-state index in [1.807, 2.05) is 6.07 Å². The zero-order chi connectivity index (χ0) is 6.97. The quantitative estimate of drug-likeness (QED) is 0.517. The number of ketones is 1. The number of hydrogen-bond donors (Lipinski definition) is 0. The Kier molecular flexibility index (Phi) is 0.974. The molecule has 0 aromatic carbocycles. The number of rotatable bonds is 0. The van der Waals surface area contributed by atoms with E-state index in [2.05, 4.69) is 5.10 Å². The molecule has 1 aromatic rings. The van der Waals surface area contributed by atoms with Gasteiger partial charge in [0.1, 0.15) is 6.54 Å². The zero-order valence-corrected chi connectivity index (χ0v) is 5.32. The van der Waals surface area contributed by atoms with Gasteiger partial charge in [-0.15, -0.1) is 0 Å². The minimum absolute atomic E-state index is 0.108. The van der Waals surface area contributed by atoms with E-state index in [0.717, 1.165) is 5.69 Å². The van der Waals surface area contributed by atoms with E-state index in [1.165, 1.54) is 0 Å². The van der Waals surface area contributed by atoms with Gasteiger partial charge in [-0.2, -0.15) is 5.10 Å². The van der Waals surface area contributed by atoms with Gasteiger partial charge in [0.25, 0.3) is 0 Å². The molecule has 0 bridgehead atoms. The van der Waals surface area contributed by atoms with Crippen molar-refractivity contribution < 1.29 is 4.79 Å². The summed E-state index contributed by atoms with van der Waals surface area (Å²) in [6.45, 7) is 0.388. The van der Waals surface area contributed by atoms with Gasteiger partial charge >= 0.3 is 0 Å². The molecule has 50 valence electrons. The van der Waals surface area contributed by atoms with Crippen molar-refractivity contribution in [2.45, 2.75) is 6.54 Å². The predicted octanol–water partition coefficient (Wildman–Crippen LogP) is 0.479. The van der Waals surface area contributed by atoms with E-state index in [0.29, 0.717) is 6.54 Å². The molecule has 0 radical (unpaired) electrons. The summed E-state index contributed by atoms with van der Waals surface area (Å²) in [6, 6.07) is 1.88. The van der Waals surface area contributed by atoms with Crippen LogP contribution in [-0.2, 0) is 11.3 Å². The minimum atomic E-state index is 0.108. The lowest BCUT2D eigenvalue weighted by atomic mass is 10.2. The third kappa shape index (κ3) is 0.673. The van der Waals surface area contributed by atoms with Crippen LogP contribution in [0, 0.1) is 0 Å². The fourth-order valence-corrected chi connectivity index (χ4v) is 0.995. The molecule has 3 nitrogen and oxygen atoms in total. The van der Waals surface area contributed by atoms with E-state index in [-0.39, 0.29) is 5.78 Å². The predicted molar refractivity (Wildman–Crippen MR) is 36.3 cm³/mol. The van der Waals surface area contributed by atoms with E-state index >= 15 is 0 Å². The maximum absolute atomic E-state index is 10.8. The third-order valence-electron chi connectivity index (χ3n) is 1.49. The lowest BCUT2D eigenvalue weighted by Crippen LogP contribution is -2.13. The van der Waals surface area contributed by atoms with Crippen LogP contribution in [0.3, 0.4) is 0 Å². The molecule has 0 amide bonds. The second kappa shape index (κ2) is 1.80. The van der Waals surface area contributed by atoms with Gasteiger partial charge in [0.15, 0.2) is 5.78 Å². The van der Waals surface area contributed by atoms with Gasteiger partial charge in [0.05, 0.1) is 5.69 Å². The molecule has 0 saturated carbocycles. The Morgan fingerprint density at radius 1 is 1.50 bits per heavy atom. The highest BCUT2D eigenvalue weighted by atomic mass is 16.1. The maximum Gasteiger partial charge on any atom is 0.177 e. The Hall–Kier alpha value is -1.38. The summed E-state index contributed by atoms with van der Waals surface area (Å²) >= 11 is 0. The lowest BCUT2D eigenvalue weighted by Gasteiger charge is -2.04. The van der Waals surface area contributed by atoms with Gasteiger partial charge in [0, 0.05) is 6.20 Å². The first-order chi connectivity index (χ1) is 4.86. The molecular weight excluding hydrogens is 128 g/mol. The molecular formula is C7H6N2O. The van der Waals surface area contributed by atoms with Gasteiger partial charge in [0.2, 0.25) is 0 Å². The summed E-state index contributed by atoms with van der Waals surface area (Å²) < 4.78 is 1.68. The molecule has 0 atom stereocenters. The summed E-state index contributed by atoms with van der Waals surface area (Å²) in [7, 11) is 0. The molecule has 0 fully saturated rings. The fourth-order valence-electron chi connectivity index (χ4n) is 0.995. The van der Waals surface area contributed by atoms with E-state index in [4.69, 9.17) is 0 Å². The summed E-state index contributed by atoms with van der Waals surface area (Å²) in [4.78, 5) is 10.8. The molecule has 2 rings (SSSR count). The molecule has 0 aliphatic carbocycles. The molecule has 1 aliphatic rings. The molecule has 2 heterocycles. The van der Waals surface area contributed by atoms with Crippen molar-refractivity contribution in [3.05, 3.63) is 24.0 Å². The van der Waals surface area contributed by atoms with Gasteiger partial charge in [-0.25, -0.2) is 0 Å². The minimum Gasteiger partial charge on any atom is -0.293 e. The summed E-state index contributed by atoms with van der Waals surface area (Å²) in [5, 5.41) is 3.95. The van der Waals surface area contributed by atoms with Crippen LogP contribution in [0.1, 0.15) is 5.69 Å². The third-order valence-corrected chi connectivity index (χ3v) is 1.49. The fraction of sp³-hybridized carbons (Fsp3) is 0.143. The van der Waals surface area contributed by atoms with E-state index in [9.17, 15) is 4.79 Å². The lowest BCUT2D eigenvalue weighted by molar-refractivity contribution is -0.115. The van der Waals surface area contributed by atoms with E-state index in [1.54, 1.807) is 23.0 Å². The van der Waals surface area contributed by atoms with Gasteiger partial charge in [-0.05, 0) is 18.2 Å². The standard InChI is InChI=1S/C7H6N2O/c10-7-2-1-6-3-4-8-9(6)5-7/h1-4H,5H2. The van der Waals surface area contributed by atoms with Crippen LogP contribution in [0.25, 0.3) is 6.08 Å². The monoisotopic (exact) mass is 134 g/mol. The van der Waals surface area contributed by atoms with Crippen molar-refractivity contribution in [1.29, 1.82) is 0 Å².